The summed E-state index contributed by atoms with van der Waals surface area (Å²) in [7, 11) is 0. The van der Waals surface area contributed by atoms with E-state index in [2.05, 4.69) is 46.0 Å². The van der Waals surface area contributed by atoms with E-state index >= 15 is 0 Å². The molecule has 1 fully saturated rings. The van der Waals surface area contributed by atoms with Crippen LogP contribution in [-0.2, 0) is 0 Å². The second-order valence-electron chi connectivity index (χ2n) is 6.60. The zero-order chi connectivity index (χ0) is 18.6. The van der Waals surface area contributed by atoms with Crippen LogP contribution in [0.5, 0.6) is 0 Å². The molecule has 0 bridgehead atoms. The van der Waals surface area contributed by atoms with Crippen molar-refractivity contribution < 1.29 is 4.39 Å². The van der Waals surface area contributed by atoms with E-state index in [0.29, 0.717) is 29.4 Å². The number of hydrazine groups is 1. The summed E-state index contributed by atoms with van der Waals surface area (Å²) in [6.07, 6.45) is 3.85. The first-order chi connectivity index (χ1) is 11.9. The SMILES string of the molecule is CC(C)=C1C(N2C[C@@H](C)C[C@@H](NN)C2)=C(F)C=C(C#N)/C1=N/C=C\I. The van der Waals surface area contributed by atoms with Gasteiger partial charge in [-0.25, -0.2) is 4.39 Å². The molecule has 2 aliphatic rings. The standard InChI is InChI=1S/C18H23FIN5/c1-11(2)16-17(23-5-4-20)13(8-21)7-15(19)18(16)25-9-12(3)6-14(10-25)24-22/h4-5,7,12,14,24H,6,9-10,22H2,1-3H3/b5-4-,23-17-/t12-,14+/m0/s1. The molecule has 0 aromatic carbocycles. The molecule has 0 amide bonds. The number of hydrogen-bond acceptors (Lipinski definition) is 5. The van der Waals surface area contributed by atoms with Crippen LogP contribution in [0.1, 0.15) is 27.2 Å². The molecule has 0 spiro atoms. The number of nitrogens with one attached hydrogen (secondary N) is 1. The first kappa shape index (κ1) is 19.8. The molecule has 0 radical (unpaired) electrons. The van der Waals surface area contributed by atoms with E-state index in [4.69, 9.17) is 5.84 Å². The maximum atomic E-state index is 15.0. The quantitative estimate of drug-likeness (QED) is 0.388. The zero-order valence-corrected chi connectivity index (χ0v) is 16.8. The number of rotatable bonds is 3. The molecule has 1 aliphatic carbocycles. The van der Waals surface area contributed by atoms with Crippen LogP contribution >= 0.6 is 22.6 Å². The van der Waals surface area contributed by atoms with Crippen LogP contribution in [-0.4, -0.2) is 29.7 Å². The summed E-state index contributed by atoms with van der Waals surface area (Å²) in [5.74, 6) is 5.62. The van der Waals surface area contributed by atoms with Crippen molar-refractivity contribution in [3.05, 3.63) is 44.6 Å². The number of halogens is 2. The second-order valence-corrected chi connectivity index (χ2v) is 7.32. The molecule has 1 heterocycles. The highest BCUT2D eigenvalue weighted by atomic mass is 127. The zero-order valence-electron chi connectivity index (χ0n) is 14.7. The fourth-order valence-electron chi connectivity index (χ4n) is 3.39. The van der Waals surface area contributed by atoms with Crippen molar-refractivity contribution in [2.75, 3.05) is 13.1 Å². The number of allylic oxidation sites excluding steroid dienone is 5. The molecule has 134 valence electrons. The molecular formula is C18H23FIN5. The lowest BCUT2D eigenvalue weighted by molar-refractivity contribution is 0.186. The first-order valence-electron chi connectivity index (χ1n) is 8.17. The highest BCUT2D eigenvalue weighted by molar-refractivity contribution is 14.1. The Morgan fingerprint density at radius 3 is 2.80 bits per heavy atom. The Balaban J connectivity index is 2.59. The maximum Gasteiger partial charge on any atom is 0.148 e. The molecule has 2 atom stereocenters. The van der Waals surface area contributed by atoms with Crippen LogP contribution < -0.4 is 11.3 Å². The van der Waals surface area contributed by atoms with Crippen molar-refractivity contribution >= 4 is 28.3 Å². The molecule has 5 nitrogen and oxygen atoms in total. The van der Waals surface area contributed by atoms with E-state index in [1.165, 1.54) is 6.08 Å². The summed E-state index contributed by atoms with van der Waals surface area (Å²) in [6.45, 7) is 7.31. The van der Waals surface area contributed by atoms with E-state index < -0.39 is 5.83 Å². The molecule has 25 heavy (non-hydrogen) atoms. The third-order valence-corrected chi connectivity index (χ3v) is 4.64. The van der Waals surface area contributed by atoms with E-state index in [9.17, 15) is 9.65 Å². The summed E-state index contributed by atoms with van der Waals surface area (Å²) in [5, 5.41) is 9.42. The van der Waals surface area contributed by atoms with Gasteiger partial charge in [0.05, 0.1) is 17.0 Å². The Morgan fingerprint density at radius 1 is 1.52 bits per heavy atom. The predicted octanol–water partition coefficient (Wildman–Crippen LogP) is 3.49. The maximum absolute atomic E-state index is 15.0. The Morgan fingerprint density at radius 2 is 2.24 bits per heavy atom. The molecule has 0 saturated carbocycles. The number of hydrogen-bond donors (Lipinski definition) is 2. The van der Waals surface area contributed by atoms with Crippen molar-refractivity contribution in [3.63, 3.8) is 0 Å². The molecule has 2 rings (SSSR count). The summed E-state index contributed by atoms with van der Waals surface area (Å²) in [5.41, 5.74) is 5.69. The normalized spacial score (nSPS) is 26.3. The van der Waals surface area contributed by atoms with Crippen LogP contribution in [0.2, 0.25) is 0 Å². The summed E-state index contributed by atoms with van der Waals surface area (Å²) in [6, 6.07) is 2.16. The number of nitriles is 1. The smallest absolute Gasteiger partial charge is 0.148 e. The van der Waals surface area contributed by atoms with Gasteiger partial charge in [-0.3, -0.25) is 16.3 Å². The Bertz CT molecular complexity index is 722. The lowest BCUT2D eigenvalue weighted by atomic mass is 9.88. The van der Waals surface area contributed by atoms with E-state index in [1.807, 2.05) is 18.7 Å². The largest absolute Gasteiger partial charge is 0.367 e. The predicted molar refractivity (Wildman–Crippen MR) is 107 cm³/mol. The van der Waals surface area contributed by atoms with Crippen LogP contribution in [0.3, 0.4) is 0 Å². The highest BCUT2D eigenvalue weighted by Gasteiger charge is 2.33. The minimum absolute atomic E-state index is 0.0958. The van der Waals surface area contributed by atoms with Crippen molar-refractivity contribution in [1.82, 2.24) is 10.3 Å². The topological polar surface area (TPSA) is 77.4 Å². The van der Waals surface area contributed by atoms with Crippen molar-refractivity contribution in [1.29, 1.82) is 5.26 Å². The molecule has 0 aromatic rings. The first-order valence-corrected chi connectivity index (χ1v) is 9.41. The Kier molecular flexibility index (Phi) is 6.93. The molecule has 0 aromatic heterocycles. The molecule has 1 aliphatic heterocycles. The average Bonchev–Trinajstić information content (AvgIpc) is 2.58. The van der Waals surface area contributed by atoms with Crippen molar-refractivity contribution in [2.45, 2.75) is 33.2 Å². The van der Waals surface area contributed by atoms with E-state index in [0.717, 1.165) is 18.5 Å². The minimum atomic E-state index is -0.393. The van der Waals surface area contributed by atoms with Crippen LogP contribution in [0, 0.1) is 17.2 Å². The summed E-state index contributed by atoms with van der Waals surface area (Å²) >= 11 is 2.07. The fourth-order valence-corrected chi connectivity index (χ4v) is 3.55. The van der Waals surface area contributed by atoms with Crippen LogP contribution in [0.15, 0.2) is 49.6 Å². The van der Waals surface area contributed by atoms with Gasteiger partial charge in [0, 0.05) is 30.9 Å². The van der Waals surface area contributed by atoms with Crippen LogP contribution in [0.25, 0.3) is 0 Å². The van der Waals surface area contributed by atoms with Gasteiger partial charge in [-0.1, -0.05) is 35.1 Å². The van der Waals surface area contributed by atoms with Gasteiger partial charge in [0.1, 0.15) is 11.9 Å². The van der Waals surface area contributed by atoms with Gasteiger partial charge in [0.2, 0.25) is 0 Å². The van der Waals surface area contributed by atoms with Gasteiger partial charge in [-0.05, 0) is 36.3 Å². The third-order valence-electron chi connectivity index (χ3n) is 4.32. The molecule has 1 saturated heterocycles. The molecule has 7 heteroatoms. The van der Waals surface area contributed by atoms with Gasteiger partial charge >= 0.3 is 0 Å². The lowest BCUT2D eigenvalue weighted by Crippen LogP contribution is -2.51. The number of aliphatic imine (C=N–C) groups is 1. The number of nitrogens with zero attached hydrogens (tertiary/aromatic N) is 3. The summed E-state index contributed by atoms with van der Waals surface area (Å²) in [4.78, 5) is 6.42. The van der Waals surface area contributed by atoms with Crippen molar-refractivity contribution in [2.24, 2.45) is 16.8 Å². The van der Waals surface area contributed by atoms with Crippen molar-refractivity contribution in [3.8, 4) is 6.07 Å². The molecule has 3 N–H and O–H groups in total. The third kappa shape index (κ3) is 4.37. The highest BCUT2D eigenvalue weighted by Crippen LogP contribution is 2.35. The number of piperidine rings is 1. The number of likely N-dealkylation sites (tertiary alicyclic amines) is 1. The minimum Gasteiger partial charge on any atom is -0.367 e. The monoisotopic (exact) mass is 455 g/mol. The summed E-state index contributed by atoms with van der Waals surface area (Å²) < 4.78 is 16.7. The van der Waals surface area contributed by atoms with E-state index in [1.54, 1.807) is 10.3 Å². The van der Waals surface area contributed by atoms with Gasteiger partial charge in [-0.2, -0.15) is 5.26 Å². The van der Waals surface area contributed by atoms with Gasteiger partial charge < -0.3 is 4.90 Å². The average molecular weight is 455 g/mol. The van der Waals surface area contributed by atoms with Gasteiger partial charge in [-0.15, -0.1) is 0 Å². The Hall–Kier alpha value is -1.50. The van der Waals surface area contributed by atoms with E-state index in [-0.39, 0.29) is 11.6 Å². The number of nitrogens with two attached hydrogens (primary N) is 1. The fraction of sp³-hybridized carbons (Fsp3) is 0.444. The second kappa shape index (κ2) is 8.74. The van der Waals surface area contributed by atoms with Gasteiger partial charge in [0.15, 0.2) is 0 Å². The molecule has 0 unspecified atom stereocenters. The van der Waals surface area contributed by atoms with Gasteiger partial charge in [0.25, 0.3) is 0 Å². The lowest BCUT2D eigenvalue weighted by Gasteiger charge is -2.40. The van der Waals surface area contributed by atoms with Crippen LogP contribution in [0.4, 0.5) is 4.39 Å². The molecular weight excluding hydrogens is 432 g/mol. The Labute approximate surface area is 162 Å².